The summed E-state index contributed by atoms with van der Waals surface area (Å²) in [6.07, 6.45) is 115. The number of ether oxygens (including phenoxy) is 3. The lowest BCUT2D eigenvalue weighted by Gasteiger charge is -2.21. The molecule has 0 heterocycles. The quantitative estimate of drug-likeness (QED) is 0.0146. The van der Waals surface area contributed by atoms with Crippen LogP contribution in [0.4, 0.5) is 0 Å². The van der Waals surface area contributed by atoms with Gasteiger partial charge in [-0.15, -0.1) is 0 Å². The summed E-state index contributed by atoms with van der Waals surface area (Å²) in [5.74, 6) is -1.60. The Labute approximate surface area is 700 Å². The molecule has 0 aromatic rings. The van der Waals surface area contributed by atoms with E-state index in [1.807, 2.05) is 0 Å². The molecule has 0 fully saturated rings. The minimum Gasteiger partial charge on any atom is -0.463 e. The Balaban J connectivity index is 4.64. The standard InChI is InChI=1S/C97H162O16P2/c1-4-7-10-13-16-19-22-25-28-31-34-37-40-42-43-44-45-46-47-49-52-53-56-59-62-65-68-71-74-77-80-83-95(100)107-86-92(98)87-109-114(103,104)110-88-93(99)89-111-115(105,106)112-91-94(113-97(102)85-82-79-76-73-70-67-64-61-58-55-50-39-36-33-30-27-24-21-18-15-12-9-6-3)90-108-96(101)84-81-78-75-72-69-66-63-60-57-54-51-48-41-38-35-32-29-26-23-20-17-14-11-8-5-2/h7-8,10-11,16-21,25-30,34-39,42-43,48,51,55,57-58,60,92-94,98-99H,4-6,9,12-15,22-24,31-33,40-41,44-47,49-50,52-54,56,59,61-91H2,1-3H3,(H,103,104)(H,105,106)/b10-7-,11-8-,19-16-,20-17-,21-18-,28-25-,29-26-,30-27-,37-34-,38-35-,39-36-,43-42-,51-48-,58-55-,60-57-. The van der Waals surface area contributed by atoms with E-state index in [4.69, 9.17) is 32.3 Å². The monoisotopic (exact) mass is 1650 g/mol. The third-order valence-electron chi connectivity index (χ3n) is 18.6. The van der Waals surface area contributed by atoms with Crippen LogP contribution >= 0.6 is 15.6 Å². The highest BCUT2D eigenvalue weighted by Gasteiger charge is 2.29. The highest BCUT2D eigenvalue weighted by atomic mass is 31.2. The number of phosphoric acid groups is 2. The van der Waals surface area contributed by atoms with Crippen molar-refractivity contribution in [3.05, 3.63) is 182 Å². The van der Waals surface area contributed by atoms with Crippen molar-refractivity contribution >= 4 is 33.6 Å². The number of aliphatic hydroxyl groups is 2. The Morgan fingerprint density at radius 1 is 0.252 bits per heavy atom. The van der Waals surface area contributed by atoms with Gasteiger partial charge < -0.3 is 34.2 Å². The van der Waals surface area contributed by atoms with Crippen molar-refractivity contribution in [2.24, 2.45) is 0 Å². The second-order valence-electron chi connectivity index (χ2n) is 29.6. The topological polar surface area (TPSA) is 231 Å². The lowest BCUT2D eigenvalue weighted by molar-refractivity contribution is -0.161. The summed E-state index contributed by atoms with van der Waals surface area (Å²) in [4.78, 5) is 59.0. The average molecular weight is 1650 g/mol. The summed E-state index contributed by atoms with van der Waals surface area (Å²) in [6.45, 7) is 2.42. The predicted octanol–water partition coefficient (Wildman–Crippen LogP) is 27.7. The van der Waals surface area contributed by atoms with E-state index in [1.54, 1.807) is 0 Å². The molecule has 0 aromatic heterocycles. The number of rotatable bonds is 84. The van der Waals surface area contributed by atoms with Crippen LogP contribution in [-0.2, 0) is 55.8 Å². The molecule has 115 heavy (non-hydrogen) atoms. The zero-order valence-electron chi connectivity index (χ0n) is 72.1. The van der Waals surface area contributed by atoms with Gasteiger partial charge in [0.25, 0.3) is 0 Å². The predicted molar refractivity (Wildman–Crippen MR) is 481 cm³/mol. The van der Waals surface area contributed by atoms with E-state index in [2.05, 4.69) is 203 Å². The number of aliphatic hydroxyl groups excluding tert-OH is 2. The van der Waals surface area contributed by atoms with E-state index in [9.17, 15) is 43.5 Å². The molecule has 0 bridgehead atoms. The molecule has 0 saturated carbocycles. The summed E-state index contributed by atoms with van der Waals surface area (Å²) >= 11 is 0. The lowest BCUT2D eigenvalue weighted by atomic mass is 10.0. The van der Waals surface area contributed by atoms with Gasteiger partial charge >= 0.3 is 33.6 Å². The summed E-state index contributed by atoms with van der Waals surface area (Å²) in [6, 6.07) is 0. The molecule has 656 valence electrons. The molecule has 5 unspecified atom stereocenters. The van der Waals surface area contributed by atoms with Gasteiger partial charge in [0.05, 0.1) is 26.4 Å². The summed E-state index contributed by atoms with van der Waals surface area (Å²) in [5.41, 5.74) is 0. The number of hydrogen-bond acceptors (Lipinski definition) is 14. The minimum atomic E-state index is -4.95. The molecule has 0 amide bonds. The Bertz CT molecular complexity index is 2820. The smallest absolute Gasteiger partial charge is 0.463 e. The second kappa shape index (κ2) is 87.9. The molecule has 0 spiro atoms. The van der Waals surface area contributed by atoms with Gasteiger partial charge in [0.2, 0.25) is 0 Å². The molecule has 0 aliphatic rings. The first kappa shape index (κ1) is 110. The maximum Gasteiger partial charge on any atom is 0.472 e. The summed E-state index contributed by atoms with van der Waals surface area (Å²) < 4.78 is 61.4. The Hall–Kier alpha value is -5.35. The van der Waals surface area contributed by atoms with Gasteiger partial charge in [-0.1, -0.05) is 357 Å². The fourth-order valence-electron chi connectivity index (χ4n) is 11.8. The average Bonchev–Trinajstić information content (AvgIpc) is 0.900. The normalized spacial score (nSPS) is 14.7. The summed E-state index contributed by atoms with van der Waals surface area (Å²) in [5, 5.41) is 20.7. The van der Waals surface area contributed by atoms with E-state index >= 15 is 0 Å². The third kappa shape index (κ3) is 89.3. The van der Waals surface area contributed by atoms with Gasteiger partial charge in [-0.25, -0.2) is 9.13 Å². The molecule has 0 radical (unpaired) electrons. The number of carbonyl (C=O) groups is 3. The third-order valence-corrected chi connectivity index (χ3v) is 20.5. The van der Waals surface area contributed by atoms with Crippen LogP contribution in [0, 0.1) is 0 Å². The maximum absolute atomic E-state index is 13.1. The molecule has 0 aromatic carbocycles. The number of carbonyl (C=O) groups excluding carboxylic acids is 3. The van der Waals surface area contributed by atoms with E-state index in [0.29, 0.717) is 19.3 Å². The highest BCUT2D eigenvalue weighted by molar-refractivity contribution is 7.47. The van der Waals surface area contributed by atoms with Crippen LogP contribution < -0.4 is 0 Å². The number of phosphoric ester groups is 2. The van der Waals surface area contributed by atoms with Crippen LogP contribution in [0.15, 0.2) is 182 Å². The number of esters is 3. The second-order valence-corrected chi connectivity index (χ2v) is 32.5. The van der Waals surface area contributed by atoms with Crippen molar-refractivity contribution in [2.75, 3.05) is 39.6 Å². The van der Waals surface area contributed by atoms with Gasteiger partial charge in [-0.2, -0.15) is 0 Å². The van der Waals surface area contributed by atoms with E-state index in [-0.39, 0.29) is 19.3 Å². The van der Waals surface area contributed by atoms with E-state index < -0.39 is 91.5 Å². The number of allylic oxidation sites excluding steroid dienone is 30. The van der Waals surface area contributed by atoms with E-state index in [1.165, 1.54) is 103 Å². The van der Waals surface area contributed by atoms with Gasteiger partial charge in [0, 0.05) is 19.3 Å². The molecular weight excluding hydrogens is 1480 g/mol. The largest absolute Gasteiger partial charge is 0.472 e. The fraction of sp³-hybridized carbons (Fsp3) is 0.660. The van der Waals surface area contributed by atoms with Crippen molar-refractivity contribution < 1.29 is 75.8 Å². The maximum atomic E-state index is 13.1. The van der Waals surface area contributed by atoms with E-state index in [0.717, 1.165) is 193 Å². The van der Waals surface area contributed by atoms with Crippen molar-refractivity contribution in [3.8, 4) is 0 Å². The first-order valence-electron chi connectivity index (χ1n) is 45.1. The highest BCUT2D eigenvalue weighted by Crippen LogP contribution is 2.45. The SMILES string of the molecule is CC/C=C\C/C=C\C/C=C\C/C=C\C/C=C\C/C=C\CCCCCCCCC(=O)OCC(COP(=O)(O)OCC(O)COP(=O)(O)OCC(O)COC(=O)CCCCCCCCCCCCCCCCC/C=C\C/C=C\C/C=C\C/C=C\C/C=C\CC)OC(=O)CCCCCCCCC/C=C\C/C=C\C/C=C\C/C=C\CCCCC. The van der Waals surface area contributed by atoms with Crippen LogP contribution in [0.3, 0.4) is 0 Å². The van der Waals surface area contributed by atoms with Crippen molar-refractivity contribution in [1.29, 1.82) is 0 Å². The fourth-order valence-corrected chi connectivity index (χ4v) is 13.4. The Morgan fingerprint density at radius 3 is 0.730 bits per heavy atom. The number of hydrogen-bond donors (Lipinski definition) is 4. The molecule has 0 rings (SSSR count). The Kier molecular flexibility index (Phi) is 83.9. The van der Waals surface area contributed by atoms with Crippen LogP contribution in [-0.4, -0.2) is 95.9 Å². The molecule has 5 atom stereocenters. The van der Waals surface area contributed by atoms with Crippen LogP contribution in [0.1, 0.15) is 355 Å². The lowest BCUT2D eigenvalue weighted by Crippen LogP contribution is -2.30. The molecule has 16 nitrogen and oxygen atoms in total. The molecule has 18 heteroatoms. The van der Waals surface area contributed by atoms with Crippen LogP contribution in [0.25, 0.3) is 0 Å². The van der Waals surface area contributed by atoms with Gasteiger partial charge in [0.15, 0.2) is 6.10 Å². The molecule has 4 N–H and O–H groups in total. The van der Waals surface area contributed by atoms with Crippen molar-refractivity contribution in [3.63, 3.8) is 0 Å². The zero-order valence-corrected chi connectivity index (χ0v) is 73.9. The van der Waals surface area contributed by atoms with Crippen molar-refractivity contribution in [1.82, 2.24) is 0 Å². The molecule has 0 aliphatic heterocycles. The van der Waals surface area contributed by atoms with Gasteiger partial charge in [0.1, 0.15) is 25.4 Å². The van der Waals surface area contributed by atoms with Gasteiger partial charge in [-0.3, -0.25) is 32.5 Å². The van der Waals surface area contributed by atoms with Crippen molar-refractivity contribution in [2.45, 2.75) is 373 Å². The minimum absolute atomic E-state index is 0.0826. The van der Waals surface area contributed by atoms with Gasteiger partial charge in [-0.05, 0) is 161 Å². The molecular formula is C97H162O16P2. The first-order valence-corrected chi connectivity index (χ1v) is 48.1. The molecule has 0 aliphatic carbocycles. The summed E-state index contributed by atoms with van der Waals surface area (Å²) in [7, 11) is -9.82. The molecule has 0 saturated heterocycles. The van der Waals surface area contributed by atoms with Crippen LogP contribution in [0.2, 0.25) is 0 Å². The Morgan fingerprint density at radius 2 is 0.461 bits per heavy atom. The first-order chi connectivity index (χ1) is 56.2. The van der Waals surface area contributed by atoms with Crippen LogP contribution in [0.5, 0.6) is 0 Å². The zero-order chi connectivity index (χ0) is 83.6. The number of unbranched alkanes of at least 4 members (excludes halogenated alkanes) is 31.